The fraction of sp³-hybridized carbons (Fsp3) is 0.923. The largest absolute Gasteiger partial charge is 0.481 e. The Hall–Kier alpha value is -1.23. The van der Waals surface area contributed by atoms with Crippen molar-refractivity contribution in [3.05, 3.63) is 0 Å². The van der Waals surface area contributed by atoms with E-state index in [1.807, 2.05) is 13.8 Å². The number of ether oxygens (including phenoxy) is 1. The number of esters is 1. The van der Waals surface area contributed by atoms with E-state index in [1.165, 1.54) is 6.92 Å². The highest BCUT2D eigenvalue weighted by Crippen LogP contribution is 2.69. The summed E-state index contributed by atoms with van der Waals surface area (Å²) in [5.74, 6) is -1.05. The van der Waals surface area contributed by atoms with Crippen molar-refractivity contribution in [1.29, 1.82) is 0 Å². The van der Waals surface area contributed by atoms with Crippen LogP contribution in [0.25, 0.3) is 0 Å². The fourth-order valence-electron chi connectivity index (χ4n) is 9.26. The van der Waals surface area contributed by atoms with Gasteiger partial charge in [-0.3, -0.25) is 14.1 Å². The Labute approximate surface area is 214 Å². The van der Waals surface area contributed by atoms with Gasteiger partial charge < -0.3 is 14.9 Å². The molecule has 4 aliphatic carbocycles. The molecule has 0 amide bonds. The van der Waals surface area contributed by atoms with Crippen LogP contribution in [0.3, 0.4) is 0 Å². The monoisotopic (exact) mass is 530 g/mol. The van der Waals surface area contributed by atoms with Crippen LogP contribution in [0.5, 0.6) is 0 Å². The number of carboxylic acid groups (broad SMARTS) is 1. The molecule has 0 unspecified atom stereocenters. The Kier molecular flexibility index (Phi) is 7.58. The van der Waals surface area contributed by atoms with Crippen molar-refractivity contribution in [3.63, 3.8) is 0 Å². The SMILES string of the molecule is CC(=O)O[C@@H]1C[C@@H]2C[C@H](O)CC[C@]2(C)[C@H]2C[C@H](OS(=O)(=O)O)[C@]3(C)[C@@H]([C@H](C)CCC(=O)O)CC[C@H]3[C@H]12. The normalized spacial score (nSPS) is 45.2. The highest BCUT2D eigenvalue weighted by Gasteiger charge is 2.67. The van der Waals surface area contributed by atoms with Gasteiger partial charge in [-0.15, -0.1) is 0 Å². The summed E-state index contributed by atoms with van der Waals surface area (Å²) in [5.41, 5.74) is -0.805. The smallest absolute Gasteiger partial charge is 0.397 e. The zero-order valence-electron chi connectivity index (χ0n) is 21.8. The van der Waals surface area contributed by atoms with Crippen molar-refractivity contribution in [2.45, 2.75) is 104 Å². The zero-order chi connectivity index (χ0) is 26.6. The molecule has 9 nitrogen and oxygen atoms in total. The van der Waals surface area contributed by atoms with Crippen LogP contribution in [0, 0.1) is 46.3 Å². The fourth-order valence-corrected chi connectivity index (χ4v) is 9.84. The number of fused-ring (bicyclic) bond motifs is 5. The van der Waals surface area contributed by atoms with Crippen LogP contribution >= 0.6 is 0 Å². The summed E-state index contributed by atoms with van der Waals surface area (Å²) in [6.07, 6.45) is 3.77. The van der Waals surface area contributed by atoms with E-state index in [-0.39, 0.29) is 59.4 Å². The number of aliphatic carboxylic acids is 1. The Morgan fingerprint density at radius 3 is 2.39 bits per heavy atom. The van der Waals surface area contributed by atoms with Gasteiger partial charge in [0.15, 0.2) is 0 Å². The molecule has 36 heavy (non-hydrogen) atoms. The summed E-state index contributed by atoms with van der Waals surface area (Å²) in [5, 5.41) is 19.7. The molecule has 3 N–H and O–H groups in total. The van der Waals surface area contributed by atoms with Crippen LogP contribution in [0.1, 0.15) is 85.5 Å². The van der Waals surface area contributed by atoms with Gasteiger partial charge in [0.05, 0.1) is 12.2 Å². The molecule has 0 radical (unpaired) electrons. The minimum absolute atomic E-state index is 0.00532. The topological polar surface area (TPSA) is 147 Å². The summed E-state index contributed by atoms with van der Waals surface area (Å²) < 4.78 is 45.3. The molecule has 0 aromatic rings. The number of rotatable bonds is 7. The van der Waals surface area contributed by atoms with E-state index in [9.17, 15) is 32.8 Å². The Balaban J connectivity index is 1.76. The summed E-state index contributed by atoms with van der Waals surface area (Å²) in [6.45, 7) is 7.68. The average Bonchev–Trinajstić information content (AvgIpc) is 3.10. The first-order valence-corrected chi connectivity index (χ1v) is 14.8. The van der Waals surface area contributed by atoms with Crippen LogP contribution in [0.15, 0.2) is 0 Å². The van der Waals surface area contributed by atoms with E-state index in [4.69, 9.17) is 8.92 Å². The molecule has 4 fully saturated rings. The number of carboxylic acids is 1. The third-order valence-electron chi connectivity index (χ3n) is 10.8. The summed E-state index contributed by atoms with van der Waals surface area (Å²) in [7, 11) is -4.72. The summed E-state index contributed by atoms with van der Waals surface area (Å²) in [6, 6.07) is 0. The van der Waals surface area contributed by atoms with Gasteiger partial charge in [-0.05, 0) is 86.4 Å². The molecule has 10 heteroatoms. The van der Waals surface area contributed by atoms with Gasteiger partial charge in [-0.25, -0.2) is 4.18 Å². The first-order chi connectivity index (χ1) is 16.7. The lowest BCUT2D eigenvalue weighted by Crippen LogP contribution is -2.63. The first kappa shape index (κ1) is 27.8. The van der Waals surface area contributed by atoms with Gasteiger partial charge >= 0.3 is 22.3 Å². The van der Waals surface area contributed by atoms with Gasteiger partial charge in [0.2, 0.25) is 0 Å². The minimum Gasteiger partial charge on any atom is -0.481 e. The van der Waals surface area contributed by atoms with Gasteiger partial charge in [0, 0.05) is 24.7 Å². The number of aliphatic hydroxyl groups is 1. The lowest BCUT2D eigenvalue weighted by Gasteiger charge is -2.64. The molecule has 206 valence electrons. The van der Waals surface area contributed by atoms with E-state index >= 15 is 0 Å². The second-order valence-electron chi connectivity index (χ2n) is 12.5. The molecule has 4 saturated carbocycles. The Morgan fingerprint density at radius 2 is 1.78 bits per heavy atom. The molecule has 11 atom stereocenters. The zero-order valence-corrected chi connectivity index (χ0v) is 22.6. The van der Waals surface area contributed by atoms with Gasteiger partial charge in [-0.2, -0.15) is 8.42 Å². The predicted octanol–water partition coefficient (Wildman–Crippen LogP) is 3.85. The maximum Gasteiger partial charge on any atom is 0.397 e. The molecule has 0 aromatic heterocycles. The lowest BCUT2D eigenvalue weighted by atomic mass is 9.43. The molecule has 0 aliphatic heterocycles. The van der Waals surface area contributed by atoms with Crippen LogP contribution in [-0.2, 0) is 28.9 Å². The van der Waals surface area contributed by atoms with E-state index in [1.54, 1.807) is 0 Å². The maximum atomic E-state index is 12.2. The molecule has 0 heterocycles. The van der Waals surface area contributed by atoms with Crippen molar-refractivity contribution < 1.29 is 41.7 Å². The number of carbonyl (C=O) groups is 2. The van der Waals surface area contributed by atoms with Crippen LogP contribution in [0.4, 0.5) is 0 Å². The van der Waals surface area contributed by atoms with Gasteiger partial charge in [-0.1, -0.05) is 20.8 Å². The Bertz CT molecular complexity index is 966. The highest BCUT2D eigenvalue weighted by molar-refractivity contribution is 7.80. The lowest BCUT2D eigenvalue weighted by molar-refractivity contribution is -0.212. The number of carbonyl (C=O) groups excluding carboxylic acids is 1. The highest BCUT2D eigenvalue weighted by atomic mass is 32.3. The Morgan fingerprint density at radius 1 is 1.08 bits per heavy atom. The van der Waals surface area contributed by atoms with E-state index in [0.29, 0.717) is 32.1 Å². The van der Waals surface area contributed by atoms with E-state index in [2.05, 4.69) is 6.92 Å². The van der Waals surface area contributed by atoms with Crippen molar-refractivity contribution in [2.24, 2.45) is 46.3 Å². The first-order valence-electron chi connectivity index (χ1n) is 13.4. The van der Waals surface area contributed by atoms with Gasteiger partial charge in [0.25, 0.3) is 0 Å². The second-order valence-corrected chi connectivity index (χ2v) is 13.6. The van der Waals surface area contributed by atoms with Crippen molar-refractivity contribution in [1.82, 2.24) is 0 Å². The summed E-state index contributed by atoms with van der Waals surface area (Å²) in [4.78, 5) is 23.4. The predicted molar refractivity (Wildman–Crippen MR) is 130 cm³/mol. The molecule has 0 aromatic carbocycles. The van der Waals surface area contributed by atoms with Crippen LogP contribution < -0.4 is 0 Å². The van der Waals surface area contributed by atoms with Crippen molar-refractivity contribution in [2.75, 3.05) is 0 Å². The molecule has 0 saturated heterocycles. The molecular formula is C26H42O9S. The average molecular weight is 531 g/mol. The van der Waals surface area contributed by atoms with Gasteiger partial charge in [0.1, 0.15) is 6.10 Å². The number of hydrogen-bond donors (Lipinski definition) is 3. The van der Waals surface area contributed by atoms with E-state index in [0.717, 1.165) is 19.3 Å². The number of aliphatic hydroxyl groups excluding tert-OH is 1. The third kappa shape index (κ3) is 4.95. The van der Waals surface area contributed by atoms with Crippen LogP contribution in [0.2, 0.25) is 0 Å². The standard InChI is InChI=1S/C26H42O9S/c1-14(5-8-23(29)30)18-6-7-19-24-20(13-22(26(18,19)4)35-36(31,32)33)25(3)10-9-17(28)11-16(25)12-21(24)34-15(2)27/h14,16-22,24,28H,5-13H2,1-4H3,(H,29,30)(H,31,32,33)/t14-,16+,17-,18-,19+,20+,21-,22+,24+,25+,26-/m1/s1. The van der Waals surface area contributed by atoms with Crippen molar-refractivity contribution >= 4 is 22.3 Å². The molecular weight excluding hydrogens is 488 g/mol. The van der Waals surface area contributed by atoms with E-state index < -0.39 is 34.0 Å². The molecule has 4 aliphatic rings. The summed E-state index contributed by atoms with van der Waals surface area (Å²) >= 11 is 0. The molecule has 4 rings (SSSR count). The van der Waals surface area contributed by atoms with Crippen LogP contribution in [-0.4, -0.2) is 53.4 Å². The third-order valence-corrected chi connectivity index (χ3v) is 11.3. The minimum atomic E-state index is -4.72. The van der Waals surface area contributed by atoms with Crippen molar-refractivity contribution in [3.8, 4) is 0 Å². The maximum absolute atomic E-state index is 12.2. The second kappa shape index (κ2) is 9.82. The molecule has 0 spiro atoms. The quantitative estimate of drug-likeness (QED) is 0.330. The molecule has 0 bridgehead atoms. The number of hydrogen-bond acceptors (Lipinski definition) is 7.